The molecule has 0 aliphatic rings. The minimum absolute atomic E-state index is 0.0626. The van der Waals surface area contributed by atoms with Gasteiger partial charge in [0.15, 0.2) is 6.04 Å². The minimum atomic E-state index is -1.27. The van der Waals surface area contributed by atoms with E-state index in [2.05, 4.69) is 26.6 Å². The fourth-order valence-corrected chi connectivity index (χ4v) is 3.02. The van der Waals surface area contributed by atoms with E-state index in [-0.39, 0.29) is 13.1 Å². The number of aliphatic hydroxyl groups excluding tert-OH is 3. The van der Waals surface area contributed by atoms with E-state index in [0.717, 1.165) is 0 Å². The first-order valence-electron chi connectivity index (χ1n) is 11.8. The lowest BCUT2D eigenvalue weighted by molar-refractivity contribution is -0.831. The lowest BCUT2D eigenvalue weighted by Crippen LogP contribution is -2.63. The molecule has 0 bridgehead atoms. The van der Waals surface area contributed by atoms with Gasteiger partial charge in [-0.2, -0.15) is 0 Å². The maximum absolute atomic E-state index is 12.7. The molecule has 12 N–H and O–H groups in total. The molecule has 17 heteroatoms. The van der Waals surface area contributed by atoms with Crippen LogP contribution in [0.25, 0.3) is 0 Å². The van der Waals surface area contributed by atoms with Crippen molar-refractivity contribution in [3.05, 3.63) is 0 Å². The van der Waals surface area contributed by atoms with Crippen LogP contribution in [0.3, 0.4) is 0 Å². The van der Waals surface area contributed by atoms with Gasteiger partial charge in [0.1, 0.15) is 25.2 Å². The number of primary amides is 1. The monoisotopic (exact) mass is 549 g/mol. The molecule has 0 aromatic carbocycles. The normalized spacial score (nSPS) is 14.4. The second-order valence-corrected chi connectivity index (χ2v) is 8.86. The van der Waals surface area contributed by atoms with Gasteiger partial charge in [0.2, 0.25) is 23.6 Å². The van der Waals surface area contributed by atoms with Crippen molar-refractivity contribution >= 4 is 35.4 Å². The smallest absolute Gasteiger partial charge is 0.333 e. The summed E-state index contributed by atoms with van der Waals surface area (Å²) in [6.07, 6.45) is 0.438. The lowest BCUT2D eigenvalue weighted by atomic mass is 10.2. The van der Waals surface area contributed by atoms with Gasteiger partial charge >= 0.3 is 5.91 Å². The Bertz CT molecular complexity index is 840. The van der Waals surface area contributed by atoms with E-state index in [1.807, 2.05) is 0 Å². The maximum Gasteiger partial charge on any atom is 0.333 e. The van der Waals surface area contributed by atoms with Crippen molar-refractivity contribution in [1.82, 2.24) is 26.6 Å². The molecule has 0 saturated heterocycles. The number of carbonyl (C=O) groups is 6. The number of nitrogens with zero attached hydrogens (tertiary/aromatic N) is 1. The van der Waals surface area contributed by atoms with Crippen LogP contribution in [-0.2, 0) is 28.8 Å². The third kappa shape index (κ3) is 11.9. The first-order valence-corrected chi connectivity index (χ1v) is 11.8. The van der Waals surface area contributed by atoms with Gasteiger partial charge < -0.3 is 53.4 Å². The molecule has 0 aromatic rings. The number of quaternary nitrogens is 1. The SMILES string of the molecule is CCC(CNC(CO)C(=O)NCC(=O)[N+](C)(C)C(CO)C(=O)NCC(N)=O)NC(=O)CNC(=O)C(N)CO. The van der Waals surface area contributed by atoms with E-state index in [1.54, 1.807) is 6.92 Å². The zero-order chi connectivity index (χ0) is 29.5. The number of hydrogen-bond acceptors (Lipinski definition) is 11. The predicted octanol–water partition coefficient (Wildman–Crippen LogP) is -7.05. The van der Waals surface area contributed by atoms with Crippen LogP contribution in [0.5, 0.6) is 0 Å². The van der Waals surface area contributed by atoms with Crippen LogP contribution in [0.15, 0.2) is 0 Å². The Balaban J connectivity index is 4.87. The number of hydrogen-bond donors (Lipinski definition) is 10. The van der Waals surface area contributed by atoms with E-state index in [4.69, 9.17) is 16.6 Å². The molecule has 4 atom stereocenters. The average Bonchev–Trinajstić information content (AvgIpc) is 2.88. The molecular weight excluding hydrogens is 508 g/mol. The Kier molecular flexibility index (Phi) is 15.9. The summed E-state index contributed by atoms with van der Waals surface area (Å²) in [7, 11) is 2.69. The van der Waals surface area contributed by atoms with Gasteiger partial charge in [-0.1, -0.05) is 6.92 Å². The largest absolute Gasteiger partial charge is 0.394 e. The van der Waals surface area contributed by atoms with E-state index < -0.39 is 97.0 Å². The second kappa shape index (κ2) is 17.3. The van der Waals surface area contributed by atoms with Gasteiger partial charge in [0.25, 0.3) is 5.91 Å². The van der Waals surface area contributed by atoms with E-state index >= 15 is 0 Å². The topological polar surface area (TPSA) is 275 Å². The summed E-state index contributed by atoms with van der Waals surface area (Å²) < 4.78 is -0.651. The van der Waals surface area contributed by atoms with Gasteiger partial charge in [-0.05, 0) is 6.42 Å². The Hall–Kier alpha value is -3.22. The van der Waals surface area contributed by atoms with Gasteiger partial charge in [0, 0.05) is 12.6 Å². The van der Waals surface area contributed by atoms with Crippen molar-refractivity contribution in [3.8, 4) is 0 Å². The second-order valence-electron chi connectivity index (χ2n) is 8.86. The standard InChI is InChI=1S/C21H40N8O9/c1-4-12(28-17(34)7-26-19(36)13(22)9-30)5-24-14(10-31)20(37)27-8-18(35)29(2,3)15(11-32)21(38)25-6-16(23)33/h12-15,24,30-32H,4-11,22H2,1-3H3,(H5-,23,25,26,27,28,33,34,36,37,38)/p+1. The summed E-state index contributed by atoms with van der Waals surface area (Å²) >= 11 is 0. The number of nitrogens with two attached hydrogens (primary N) is 2. The number of carbonyl (C=O) groups excluding carboxylic acids is 6. The van der Waals surface area contributed by atoms with Gasteiger partial charge in [0.05, 0.1) is 40.4 Å². The highest BCUT2D eigenvalue weighted by atomic mass is 16.3. The molecule has 38 heavy (non-hydrogen) atoms. The third-order valence-electron chi connectivity index (χ3n) is 5.67. The highest BCUT2D eigenvalue weighted by Gasteiger charge is 2.40. The molecular formula is C21H41N8O9+. The van der Waals surface area contributed by atoms with E-state index in [1.165, 1.54) is 14.1 Å². The number of likely N-dealkylation sites (N-methyl/N-ethyl adjacent to an activating group) is 1. The fraction of sp³-hybridized carbons (Fsp3) is 0.714. The molecule has 0 aromatic heterocycles. The highest BCUT2D eigenvalue weighted by Crippen LogP contribution is 2.08. The molecule has 6 amide bonds. The highest BCUT2D eigenvalue weighted by molar-refractivity contribution is 5.89. The third-order valence-corrected chi connectivity index (χ3v) is 5.67. The molecule has 0 saturated carbocycles. The summed E-state index contributed by atoms with van der Waals surface area (Å²) in [6.45, 7) is -1.49. The number of aliphatic hydroxyl groups is 3. The van der Waals surface area contributed by atoms with Crippen molar-refractivity contribution in [3.63, 3.8) is 0 Å². The molecule has 218 valence electrons. The van der Waals surface area contributed by atoms with Crippen molar-refractivity contribution < 1.29 is 48.6 Å². The first-order chi connectivity index (χ1) is 17.7. The zero-order valence-corrected chi connectivity index (χ0v) is 21.9. The van der Waals surface area contributed by atoms with Crippen LogP contribution in [0.2, 0.25) is 0 Å². The molecule has 4 unspecified atom stereocenters. The lowest BCUT2D eigenvalue weighted by Gasteiger charge is -2.33. The van der Waals surface area contributed by atoms with Crippen LogP contribution >= 0.6 is 0 Å². The van der Waals surface area contributed by atoms with E-state index in [0.29, 0.717) is 6.42 Å². The molecule has 17 nitrogen and oxygen atoms in total. The molecule has 0 aliphatic carbocycles. The average molecular weight is 550 g/mol. The van der Waals surface area contributed by atoms with Gasteiger partial charge in [-0.25, -0.2) is 4.79 Å². The van der Waals surface area contributed by atoms with Crippen molar-refractivity contribution in [2.75, 3.05) is 60.1 Å². The summed E-state index contributed by atoms with van der Waals surface area (Å²) in [6, 6.07) is -4.04. The van der Waals surface area contributed by atoms with Crippen LogP contribution in [0, 0.1) is 0 Å². The van der Waals surface area contributed by atoms with Gasteiger partial charge in [-0.3, -0.25) is 28.5 Å². The Morgan fingerprint density at radius 2 is 1.39 bits per heavy atom. The maximum atomic E-state index is 12.7. The van der Waals surface area contributed by atoms with Crippen molar-refractivity contribution in [2.24, 2.45) is 11.5 Å². The van der Waals surface area contributed by atoms with Crippen LogP contribution in [0.4, 0.5) is 0 Å². The van der Waals surface area contributed by atoms with Crippen LogP contribution in [0.1, 0.15) is 13.3 Å². The van der Waals surface area contributed by atoms with Crippen LogP contribution in [-0.4, -0.2) is 140 Å². The Morgan fingerprint density at radius 3 is 1.89 bits per heavy atom. The summed E-state index contributed by atoms with van der Waals surface area (Å²) in [5.74, 6) is -4.20. The minimum Gasteiger partial charge on any atom is -0.394 e. The van der Waals surface area contributed by atoms with Gasteiger partial charge in [-0.15, -0.1) is 0 Å². The molecule has 0 radical (unpaired) electrons. The molecule has 0 aliphatic heterocycles. The Morgan fingerprint density at radius 1 is 0.816 bits per heavy atom. The quantitative estimate of drug-likeness (QED) is 0.0717. The molecule has 0 fully saturated rings. The predicted molar refractivity (Wildman–Crippen MR) is 132 cm³/mol. The van der Waals surface area contributed by atoms with Crippen molar-refractivity contribution in [2.45, 2.75) is 37.5 Å². The molecule has 0 heterocycles. The molecule has 0 spiro atoms. The number of amides is 6. The fourth-order valence-electron chi connectivity index (χ4n) is 3.02. The number of nitrogens with one attached hydrogen (secondary N) is 5. The molecule has 0 rings (SSSR count). The summed E-state index contributed by atoms with van der Waals surface area (Å²) in [4.78, 5) is 71.9. The first kappa shape index (κ1) is 34.8. The van der Waals surface area contributed by atoms with Crippen LogP contribution < -0.4 is 38.1 Å². The zero-order valence-electron chi connectivity index (χ0n) is 21.9. The summed E-state index contributed by atoms with van der Waals surface area (Å²) in [5, 5.41) is 40.3. The Labute approximate surface area is 220 Å². The summed E-state index contributed by atoms with van der Waals surface area (Å²) in [5.41, 5.74) is 10.3. The van der Waals surface area contributed by atoms with E-state index in [9.17, 15) is 39.0 Å². The van der Waals surface area contributed by atoms with Crippen molar-refractivity contribution in [1.29, 1.82) is 0 Å². The number of rotatable bonds is 18.